The van der Waals surface area contributed by atoms with Gasteiger partial charge >= 0.3 is 0 Å². The van der Waals surface area contributed by atoms with E-state index in [0.717, 1.165) is 35.5 Å². The third kappa shape index (κ3) is 6.67. The van der Waals surface area contributed by atoms with Gasteiger partial charge in [-0.3, -0.25) is 0 Å². The second-order valence-electron chi connectivity index (χ2n) is 6.23. The van der Waals surface area contributed by atoms with Crippen LogP contribution in [0.4, 0.5) is 0 Å². The van der Waals surface area contributed by atoms with E-state index < -0.39 is 0 Å². The monoisotopic (exact) mass is 364 g/mol. The SMILES string of the molecule is CCc1cc(CCN=C=O)cc(Oc2cc(CC)cc(CCN=C=O)c2)c1. The average molecular weight is 364 g/mol. The van der Waals surface area contributed by atoms with Crippen LogP contribution < -0.4 is 4.74 Å². The Balaban J connectivity index is 2.25. The second-order valence-corrected chi connectivity index (χ2v) is 6.23. The van der Waals surface area contributed by atoms with Crippen LogP contribution in [0.25, 0.3) is 0 Å². The van der Waals surface area contributed by atoms with Crippen molar-refractivity contribution in [3.63, 3.8) is 0 Å². The zero-order valence-electron chi connectivity index (χ0n) is 15.8. The second kappa shape index (κ2) is 10.9. The molecule has 0 aliphatic carbocycles. The lowest BCUT2D eigenvalue weighted by molar-refractivity contribution is 0.480. The Morgan fingerprint density at radius 1 is 0.704 bits per heavy atom. The van der Waals surface area contributed by atoms with E-state index in [1.165, 1.54) is 11.1 Å². The van der Waals surface area contributed by atoms with Gasteiger partial charge in [0.15, 0.2) is 0 Å². The molecule has 0 atom stereocenters. The number of hydrogen-bond donors (Lipinski definition) is 0. The van der Waals surface area contributed by atoms with E-state index in [1.807, 2.05) is 24.3 Å². The predicted molar refractivity (Wildman–Crippen MR) is 105 cm³/mol. The van der Waals surface area contributed by atoms with Crippen molar-refractivity contribution in [2.75, 3.05) is 13.1 Å². The van der Waals surface area contributed by atoms with Crippen molar-refractivity contribution in [2.45, 2.75) is 39.5 Å². The molecule has 0 aliphatic heterocycles. The van der Waals surface area contributed by atoms with Gasteiger partial charge in [-0.25, -0.2) is 19.6 Å². The van der Waals surface area contributed by atoms with E-state index in [1.54, 1.807) is 12.2 Å². The van der Waals surface area contributed by atoms with E-state index in [2.05, 4.69) is 36.0 Å². The van der Waals surface area contributed by atoms with Gasteiger partial charge in [-0.15, -0.1) is 0 Å². The molecule has 0 saturated heterocycles. The highest BCUT2D eigenvalue weighted by Gasteiger charge is 2.06. The van der Waals surface area contributed by atoms with E-state index >= 15 is 0 Å². The third-order valence-corrected chi connectivity index (χ3v) is 4.26. The number of aliphatic imine (C=N–C) groups is 2. The molecule has 0 heterocycles. The molecule has 0 N–H and O–H groups in total. The van der Waals surface area contributed by atoms with E-state index in [4.69, 9.17) is 4.74 Å². The topological polar surface area (TPSA) is 68.1 Å². The maximum Gasteiger partial charge on any atom is 0.234 e. The Morgan fingerprint density at radius 3 is 1.48 bits per heavy atom. The fourth-order valence-corrected chi connectivity index (χ4v) is 2.87. The van der Waals surface area contributed by atoms with Crippen LogP contribution in [-0.2, 0) is 35.3 Å². The largest absolute Gasteiger partial charge is 0.457 e. The van der Waals surface area contributed by atoms with Gasteiger partial charge in [0.2, 0.25) is 12.2 Å². The molecule has 0 spiro atoms. The Morgan fingerprint density at radius 2 is 1.11 bits per heavy atom. The van der Waals surface area contributed by atoms with Crippen molar-refractivity contribution in [1.82, 2.24) is 0 Å². The van der Waals surface area contributed by atoms with Gasteiger partial charge in [0.05, 0.1) is 13.1 Å². The molecule has 0 bridgehead atoms. The maximum atomic E-state index is 10.3. The van der Waals surface area contributed by atoms with Gasteiger partial charge in [0, 0.05) is 0 Å². The minimum absolute atomic E-state index is 0.419. The lowest BCUT2D eigenvalue weighted by atomic mass is 10.0. The molecule has 0 saturated carbocycles. The van der Waals surface area contributed by atoms with Gasteiger partial charge < -0.3 is 4.74 Å². The summed E-state index contributed by atoms with van der Waals surface area (Å²) in [6.45, 7) is 5.03. The first kappa shape index (κ1) is 20.3. The summed E-state index contributed by atoms with van der Waals surface area (Å²) in [6, 6.07) is 12.2. The van der Waals surface area contributed by atoms with Crippen LogP contribution in [0.5, 0.6) is 11.5 Å². The molecular formula is C22H24N2O3. The summed E-state index contributed by atoms with van der Waals surface area (Å²) in [6.07, 6.45) is 6.27. The van der Waals surface area contributed by atoms with Gasteiger partial charge in [-0.05, 0) is 72.2 Å². The standard InChI is InChI=1S/C22H24N2O3/c1-3-17-9-19(5-7-23-15-25)13-21(11-17)27-22-12-18(4-2)10-20(14-22)6-8-24-16-26/h9-14H,3-8H2,1-2H3. The van der Waals surface area contributed by atoms with Crippen molar-refractivity contribution in [1.29, 1.82) is 0 Å². The smallest absolute Gasteiger partial charge is 0.234 e. The number of isocyanates is 2. The Bertz CT molecular complexity index is 792. The molecule has 0 aromatic heterocycles. The highest BCUT2D eigenvalue weighted by atomic mass is 16.5. The minimum atomic E-state index is 0.419. The molecule has 27 heavy (non-hydrogen) atoms. The summed E-state index contributed by atoms with van der Waals surface area (Å²) in [5.41, 5.74) is 4.50. The van der Waals surface area contributed by atoms with Crippen molar-refractivity contribution in [3.05, 3.63) is 58.7 Å². The Labute approximate surface area is 159 Å². The summed E-state index contributed by atoms with van der Waals surface area (Å²) in [4.78, 5) is 27.8. The van der Waals surface area contributed by atoms with Gasteiger partial charge in [-0.1, -0.05) is 26.0 Å². The third-order valence-electron chi connectivity index (χ3n) is 4.26. The molecular weight excluding hydrogens is 340 g/mol. The van der Waals surface area contributed by atoms with Crippen LogP contribution in [0.3, 0.4) is 0 Å². The number of aryl methyl sites for hydroxylation is 2. The van der Waals surface area contributed by atoms with Crippen LogP contribution in [-0.4, -0.2) is 25.2 Å². The molecule has 0 amide bonds. The Hall–Kier alpha value is -3.00. The first-order valence-corrected chi connectivity index (χ1v) is 9.19. The van der Waals surface area contributed by atoms with Crippen molar-refractivity contribution < 1.29 is 14.3 Å². The summed E-state index contributed by atoms with van der Waals surface area (Å²) < 4.78 is 6.14. The number of benzene rings is 2. The van der Waals surface area contributed by atoms with Crippen molar-refractivity contribution >= 4 is 12.2 Å². The minimum Gasteiger partial charge on any atom is -0.457 e. The van der Waals surface area contributed by atoms with Crippen molar-refractivity contribution in [3.8, 4) is 11.5 Å². The molecule has 0 fully saturated rings. The van der Waals surface area contributed by atoms with Gasteiger partial charge in [0.1, 0.15) is 11.5 Å². The van der Waals surface area contributed by atoms with Crippen LogP contribution in [0, 0.1) is 0 Å². The highest BCUT2D eigenvalue weighted by molar-refractivity contribution is 5.41. The number of ether oxygens (including phenoxy) is 1. The zero-order chi connectivity index (χ0) is 19.5. The zero-order valence-corrected chi connectivity index (χ0v) is 15.8. The number of nitrogens with zero attached hydrogens (tertiary/aromatic N) is 2. The van der Waals surface area contributed by atoms with E-state index in [0.29, 0.717) is 25.9 Å². The summed E-state index contributed by atoms with van der Waals surface area (Å²) in [5.74, 6) is 1.54. The molecule has 5 nitrogen and oxygen atoms in total. The molecule has 2 rings (SSSR count). The number of hydrogen-bond acceptors (Lipinski definition) is 5. The lowest BCUT2D eigenvalue weighted by Gasteiger charge is -2.12. The summed E-state index contributed by atoms with van der Waals surface area (Å²) in [7, 11) is 0. The van der Waals surface area contributed by atoms with Crippen LogP contribution >= 0.6 is 0 Å². The first-order chi connectivity index (χ1) is 13.2. The molecule has 140 valence electrons. The van der Waals surface area contributed by atoms with E-state index in [9.17, 15) is 9.59 Å². The van der Waals surface area contributed by atoms with E-state index in [-0.39, 0.29) is 0 Å². The normalized spacial score (nSPS) is 10.0. The summed E-state index contributed by atoms with van der Waals surface area (Å²) >= 11 is 0. The van der Waals surface area contributed by atoms with Gasteiger partial charge in [0.25, 0.3) is 0 Å². The van der Waals surface area contributed by atoms with Gasteiger partial charge in [-0.2, -0.15) is 0 Å². The molecule has 5 heteroatoms. The first-order valence-electron chi connectivity index (χ1n) is 9.19. The average Bonchev–Trinajstić information content (AvgIpc) is 2.68. The maximum absolute atomic E-state index is 10.3. The predicted octanol–water partition coefficient (Wildman–Crippen LogP) is 4.36. The van der Waals surface area contributed by atoms with Crippen molar-refractivity contribution in [2.24, 2.45) is 9.98 Å². The van der Waals surface area contributed by atoms with Crippen LogP contribution in [0.2, 0.25) is 0 Å². The molecule has 2 aromatic carbocycles. The number of rotatable bonds is 10. The van der Waals surface area contributed by atoms with Crippen LogP contribution in [0.1, 0.15) is 36.1 Å². The number of carbonyl (C=O) groups excluding carboxylic acids is 2. The molecule has 2 aromatic rings. The Kier molecular flexibility index (Phi) is 8.18. The molecule has 0 radical (unpaired) electrons. The lowest BCUT2D eigenvalue weighted by Crippen LogP contribution is -1.96. The fraction of sp³-hybridized carbons (Fsp3) is 0.364. The van der Waals surface area contributed by atoms with Crippen LogP contribution in [0.15, 0.2) is 46.4 Å². The molecule has 0 unspecified atom stereocenters. The highest BCUT2D eigenvalue weighted by Crippen LogP contribution is 2.27. The fourth-order valence-electron chi connectivity index (χ4n) is 2.87. The molecule has 0 aliphatic rings. The quantitative estimate of drug-likeness (QED) is 0.465. The summed E-state index contributed by atoms with van der Waals surface area (Å²) in [5, 5.41) is 0.